The Hall–Kier alpha value is -1.08. The second-order valence-electron chi connectivity index (χ2n) is 7.04. The standard InChI is InChI=1S/C23H38O/c1-4-5-6-7-8-9-10-11-12-13-17-20-24-23(21(2)3)22-18-15-14-16-19-22/h14-16,18-19,23H,2,4-13,17,20H2,1,3H3. The van der Waals surface area contributed by atoms with Crippen LogP contribution in [-0.2, 0) is 4.74 Å². The molecule has 24 heavy (non-hydrogen) atoms. The van der Waals surface area contributed by atoms with E-state index >= 15 is 0 Å². The molecule has 0 radical (unpaired) electrons. The maximum absolute atomic E-state index is 6.07. The molecule has 0 saturated heterocycles. The first-order valence-electron chi connectivity index (χ1n) is 10.1. The first-order chi connectivity index (χ1) is 11.8. The minimum Gasteiger partial charge on any atom is -0.369 e. The third kappa shape index (κ3) is 9.93. The maximum Gasteiger partial charge on any atom is 0.103 e. The second kappa shape index (κ2) is 14.3. The Morgan fingerprint density at radius 2 is 1.33 bits per heavy atom. The average Bonchev–Trinajstić information content (AvgIpc) is 2.59. The van der Waals surface area contributed by atoms with Crippen LogP contribution < -0.4 is 0 Å². The molecule has 0 heterocycles. The Balaban J connectivity index is 2.00. The summed E-state index contributed by atoms with van der Waals surface area (Å²) in [5.41, 5.74) is 2.30. The van der Waals surface area contributed by atoms with Crippen molar-refractivity contribution in [2.75, 3.05) is 6.61 Å². The number of hydrogen-bond donors (Lipinski definition) is 0. The molecule has 0 fully saturated rings. The van der Waals surface area contributed by atoms with Gasteiger partial charge in [0.15, 0.2) is 0 Å². The van der Waals surface area contributed by atoms with E-state index in [0.29, 0.717) is 0 Å². The first kappa shape index (κ1) is 21.0. The Morgan fingerprint density at radius 3 is 1.83 bits per heavy atom. The summed E-state index contributed by atoms with van der Waals surface area (Å²) in [5.74, 6) is 0. The van der Waals surface area contributed by atoms with Crippen LogP contribution in [-0.4, -0.2) is 6.61 Å². The van der Waals surface area contributed by atoms with E-state index in [1.54, 1.807) is 0 Å². The third-order valence-electron chi connectivity index (χ3n) is 4.58. The lowest BCUT2D eigenvalue weighted by Crippen LogP contribution is -2.06. The van der Waals surface area contributed by atoms with Gasteiger partial charge in [-0.05, 0) is 24.5 Å². The van der Waals surface area contributed by atoms with Gasteiger partial charge < -0.3 is 4.74 Å². The summed E-state index contributed by atoms with van der Waals surface area (Å²) in [5, 5.41) is 0. The van der Waals surface area contributed by atoms with Crippen LogP contribution in [0.4, 0.5) is 0 Å². The van der Waals surface area contributed by atoms with E-state index < -0.39 is 0 Å². The third-order valence-corrected chi connectivity index (χ3v) is 4.58. The lowest BCUT2D eigenvalue weighted by molar-refractivity contribution is 0.0744. The van der Waals surface area contributed by atoms with E-state index in [1.165, 1.54) is 69.8 Å². The molecule has 1 nitrogen and oxygen atoms in total. The lowest BCUT2D eigenvalue weighted by Gasteiger charge is -2.18. The van der Waals surface area contributed by atoms with Crippen LogP contribution in [0.3, 0.4) is 0 Å². The van der Waals surface area contributed by atoms with Crippen LogP contribution in [0.5, 0.6) is 0 Å². The SMILES string of the molecule is C=C(C)C(OCCCCCCCCCCCCC)c1ccccc1. The molecule has 0 aliphatic heterocycles. The Kier molecular flexibility index (Phi) is 12.5. The molecular weight excluding hydrogens is 292 g/mol. The van der Waals surface area contributed by atoms with Gasteiger partial charge in [-0.1, -0.05) is 108 Å². The molecule has 0 N–H and O–H groups in total. The molecule has 0 spiro atoms. The van der Waals surface area contributed by atoms with Gasteiger partial charge in [0.2, 0.25) is 0 Å². The summed E-state index contributed by atoms with van der Waals surface area (Å²) in [6, 6.07) is 10.4. The summed E-state index contributed by atoms with van der Waals surface area (Å²) in [7, 11) is 0. The highest BCUT2D eigenvalue weighted by molar-refractivity contribution is 5.24. The minimum absolute atomic E-state index is 0.0503. The van der Waals surface area contributed by atoms with Crippen LogP contribution in [0.25, 0.3) is 0 Å². The second-order valence-corrected chi connectivity index (χ2v) is 7.04. The van der Waals surface area contributed by atoms with Gasteiger partial charge in [-0.2, -0.15) is 0 Å². The predicted octanol–water partition coefficient (Wildman–Crippen LogP) is 7.63. The molecule has 1 unspecified atom stereocenters. The summed E-state index contributed by atoms with van der Waals surface area (Å²) in [6.45, 7) is 9.25. The van der Waals surface area contributed by atoms with Crippen molar-refractivity contribution in [2.45, 2.75) is 90.6 Å². The average molecular weight is 331 g/mol. The smallest absolute Gasteiger partial charge is 0.103 e. The van der Waals surface area contributed by atoms with Crippen molar-refractivity contribution >= 4 is 0 Å². The predicted molar refractivity (Wildman–Crippen MR) is 106 cm³/mol. The largest absolute Gasteiger partial charge is 0.369 e. The lowest BCUT2D eigenvalue weighted by atomic mass is 10.0. The van der Waals surface area contributed by atoms with E-state index in [4.69, 9.17) is 4.74 Å². The Morgan fingerprint density at radius 1 is 0.833 bits per heavy atom. The van der Waals surface area contributed by atoms with Crippen molar-refractivity contribution in [3.8, 4) is 0 Å². The summed E-state index contributed by atoms with van der Waals surface area (Å²) < 4.78 is 6.07. The minimum atomic E-state index is 0.0503. The van der Waals surface area contributed by atoms with Crippen molar-refractivity contribution < 1.29 is 4.74 Å². The molecule has 1 heteroatoms. The van der Waals surface area contributed by atoms with Gasteiger partial charge in [0, 0.05) is 6.61 Å². The number of ether oxygens (including phenoxy) is 1. The molecule has 1 aromatic carbocycles. The van der Waals surface area contributed by atoms with Crippen molar-refractivity contribution in [3.63, 3.8) is 0 Å². The van der Waals surface area contributed by atoms with Crippen LogP contribution in [0.2, 0.25) is 0 Å². The summed E-state index contributed by atoms with van der Waals surface area (Å²) in [4.78, 5) is 0. The van der Waals surface area contributed by atoms with Gasteiger partial charge in [-0.3, -0.25) is 0 Å². The van der Waals surface area contributed by atoms with Crippen LogP contribution in [0.1, 0.15) is 96.1 Å². The van der Waals surface area contributed by atoms with Gasteiger partial charge in [-0.25, -0.2) is 0 Å². The molecule has 0 aromatic heterocycles. The zero-order valence-corrected chi connectivity index (χ0v) is 16.1. The zero-order valence-electron chi connectivity index (χ0n) is 16.1. The van der Waals surface area contributed by atoms with Gasteiger partial charge in [0.05, 0.1) is 0 Å². The monoisotopic (exact) mass is 330 g/mol. The fourth-order valence-corrected chi connectivity index (χ4v) is 3.12. The molecule has 0 aliphatic carbocycles. The maximum atomic E-state index is 6.07. The van der Waals surface area contributed by atoms with Crippen LogP contribution in [0, 0.1) is 0 Å². The van der Waals surface area contributed by atoms with E-state index in [9.17, 15) is 0 Å². The highest BCUT2D eigenvalue weighted by Crippen LogP contribution is 2.24. The summed E-state index contributed by atoms with van der Waals surface area (Å²) >= 11 is 0. The quantitative estimate of drug-likeness (QED) is 0.237. The summed E-state index contributed by atoms with van der Waals surface area (Å²) in [6.07, 6.45) is 15.1. The molecule has 1 rings (SSSR count). The van der Waals surface area contributed by atoms with Crippen LogP contribution >= 0.6 is 0 Å². The van der Waals surface area contributed by atoms with Gasteiger partial charge >= 0.3 is 0 Å². The molecular formula is C23H38O. The number of benzene rings is 1. The molecule has 0 amide bonds. The molecule has 1 aromatic rings. The highest BCUT2D eigenvalue weighted by Gasteiger charge is 2.11. The van der Waals surface area contributed by atoms with E-state index in [0.717, 1.165) is 18.6 Å². The molecule has 0 aliphatic rings. The van der Waals surface area contributed by atoms with Crippen LogP contribution in [0.15, 0.2) is 42.5 Å². The number of unbranched alkanes of at least 4 members (excludes halogenated alkanes) is 10. The molecule has 1 atom stereocenters. The van der Waals surface area contributed by atoms with Crippen molar-refractivity contribution in [3.05, 3.63) is 48.0 Å². The topological polar surface area (TPSA) is 9.23 Å². The Labute approximate surface area is 150 Å². The van der Waals surface area contributed by atoms with Gasteiger partial charge in [-0.15, -0.1) is 0 Å². The van der Waals surface area contributed by atoms with Crippen molar-refractivity contribution in [1.82, 2.24) is 0 Å². The van der Waals surface area contributed by atoms with Crippen molar-refractivity contribution in [2.24, 2.45) is 0 Å². The highest BCUT2D eigenvalue weighted by atomic mass is 16.5. The van der Waals surface area contributed by atoms with Gasteiger partial charge in [0.1, 0.15) is 6.10 Å². The van der Waals surface area contributed by atoms with Crippen molar-refractivity contribution in [1.29, 1.82) is 0 Å². The Bertz CT molecular complexity index is 409. The molecule has 0 saturated carbocycles. The van der Waals surface area contributed by atoms with Gasteiger partial charge in [0.25, 0.3) is 0 Å². The number of rotatable bonds is 15. The zero-order chi connectivity index (χ0) is 17.5. The van der Waals surface area contributed by atoms with E-state index in [2.05, 4.69) is 44.7 Å². The fraction of sp³-hybridized carbons (Fsp3) is 0.652. The first-order valence-corrected chi connectivity index (χ1v) is 10.1. The molecule has 0 bridgehead atoms. The molecule has 136 valence electrons. The van der Waals surface area contributed by atoms with E-state index in [-0.39, 0.29) is 6.10 Å². The van der Waals surface area contributed by atoms with E-state index in [1.807, 2.05) is 6.07 Å². The normalized spacial score (nSPS) is 12.2. The number of hydrogen-bond acceptors (Lipinski definition) is 1. The fourth-order valence-electron chi connectivity index (χ4n) is 3.12.